The molecule has 1 aliphatic heterocycles. The van der Waals surface area contributed by atoms with Gasteiger partial charge in [-0.05, 0) is 63.4 Å². The van der Waals surface area contributed by atoms with Crippen molar-refractivity contribution in [2.45, 2.75) is 33.3 Å². The highest BCUT2D eigenvalue weighted by molar-refractivity contribution is 8.18. The van der Waals surface area contributed by atoms with Gasteiger partial charge in [-0.25, -0.2) is 0 Å². The van der Waals surface area contributed by atoms with Crippen LogP contribution in [0, 0.1) is 6.92 Å². The Balaban J connectivity index is 1.60. The Hall–Kier alpha value is -2.65. The zero-order valence-corrected chi connectivity index (χ0v) is 20.1. The van der Waals surface area contributed by atoms with Crippen LogP contribution in [0.3, 0.4) is 0 Å². The molecule has 0 saturated carbocycles. The second kappa shape index (κ2) is 10.3. The molecule has 0 bridgehead atoms. The smallest absolute Gasteiger partial charge is 0.325 e. The minimum absolute atomic E-state index is 0.156. The quantitative estimate of drug-likeness (QED) is 0.381. The number of hydrogen-bond acceptors (Lipinski definition) is 7. The number of ether oxygens (including phenoxy) is 1. The highest BCUT2D eigenvalue weighted by atomic mass is 32.2. The Labute approximate surface area is 196 Å². The van der Waals surface area contributed by atoms with E-state index in [2.05, 4.69) is 5.32 Å². The van der Waals surface area contributed by atoms with Crippen molar-refractivity contribution in [3.63, 3.8) is 0 Å². The molecular formula is C23H26N2O5S2. The number of nitrogens with one attached hydrogen (secondary N) is 1. The van der Waals surface area contributed by atoms with E-state index in [1.807, 2.05) is 43.3 Å². The summed E-state index contributed by atoms with van der Waals surface area (Å²) < 4.78 is 12.5. The summed E-state index contributed by atoms with van der Waals surface area (Å²) in [7, 11) is 0. The molecule has 7 nitrogen and oxygen atoms in total. The number of hydrogen-bond donors (Lipinski definition) is 1. The molecule has 0 unspecified atom stereocenters. The normalized spacial score (nSPS) is 15.7. The Morgan fingerprint density at radius 1 is 1.22 bits per heavy atom. The van der Waals surface area contributed by atoms with Gasteiger partial charge >= 0.3 is 5.97 Å². The van der Waals surface area contributed by atoms with Gasteiger partial charge in [-0.3, -0.25) is 18.7 Å². The molecule has 1 N–H and O–H groups in total. The van der Waals surface area contributed by atoms with E-state index in [1.54, 1.807) is 26.8 Å². The first-order valence-electron chi connectivity index (χ1n) is 10.1. The third-order valence-electron chi connectivity index (χ3n) is 4.31. The number of rotatable bonds is 6. The summed E-state index contributed by atoms with van der Waals surface area (Å²) in [5.74, 6) is 0.0773. The maximum absolute atomic E-state index is 12.8. The van der Waals surface area contributed by atoms with E-state index in [9.17, 15) is 14.4 Å². The van der Waals surface area contributed by atoms with E-state index in [0.717, 1.165) is 16.9 Å². The van der Waals surface area contributed by atoms with Crippen LogP contribution < -0.4 is 5.32 Å². The number of esters is 1. The summed E-state index contributed by atoms with van der Waals surface area (Å²) in [4.78, 5) is 37.3. The monoisotopic (exact) mass is 474 g/mol. The molecular weight excluding hydrogens is 448 g/mol. The Morgan fingerprint density at radius 2 is 1.97 bits per heavy atom. The molecule has 2 amide bonds. The molecule has 2 heterocycles. The molecule has 170 valence electrons. The predicted molar refractivity (Wildman–Crippen MR) is 127 cm³/mol. The van der Waals surface area contributed by atoms with E-state index < -0.39 is 17.5 Å². The molecule has 0 aliphatic carbocycles. The van der Waals surface area contributed by atoms with Gasteiger partial charge in [0.25, 0.3) is 5.91 Å². The number of thioether (sulfide) groups is 1. The lowest BCUT2D eigenvalue weighted by Gasteiger charge is -2.26. The molecule has 0 atom stereocenters. The van der Waals surface area contributed by atoms with Crippen LogP contribution in [0.2, 0.25) is 0 Å². The lowest BCUT2D eigenvalue weighted by Crippen LogP contribution is -2.41. The first-order valence-corrected chi connectivity index (χ1v) is 12.0. The number of furan rings is 1. The second-order valence-electron chi connectivity index (χ2n) is 8.12. The van der Waals surface area contributed by atoms with Gasteiger partial charge in [-0.1, -0.05) is 24.3 Å². The van der Waals surface area contributed by atoms with Crippen LogP contribution >= 0.6 is 23.7 Å². The summed E-state index contributed by atoms with van der Waals surface area (Å²) in [5.41, 5.74) is 1.48. The van der Waals surface area contributed by atoms with Gasteiger partial charge in [0.05, 0.1) is 9.99 Å². The number of benzene rings is 1. The third-order valence-corrected chi connectivity index (χ3v) is 6.41. The van der Waals surface area contributed by atoms with Gasteiger partial charge in [-0.2, -0.15) is 0 Å². The average molecular weight is 475 g/mol. The summed E-state index contributed by atoms with van der Waals surface area (Å²) in [6.07, 6.45) is 1.69. The number of amides is 2. The number of aryl methyl sites for hydroxylation is 1. The Bertz CT molecular complexity index is 1040. The lowest BCUT2D eigenvalue weighted by atomic mass is 10.1. The van der Waals surface area contributed by atoms with E-state index in [-0.39, 0.29) is 19.0 Å². The van der Waals surface area contributed by atoms with E-state index >= 15 is 0 Å². The minimum Gasteiger partial charge on any atom is -0.459 e. The van der Waals surface area contributed by atoms with Crippen LogP contribution in [0.5, 0.6) is 0 Å². The van der Waals surface area contributed by atoms with Crippen LogP contribution in [-0.4, -0.2) is 45.9 Å². The van der Waals surface area contributed by atoms with Gasteiger partial charge in [0.1, 0.15) is 30.2 Å². The minimum atomic E-state index is -0.623. The fourth-order valence-corrected chi connectivity index (χ4v) is 5.05. The molecule has 9 heteroatoms. The van der Waals surface area contributed by atoms with Crippen molar-refractivity contribution in [1.29, 1.82) is 0 Å². The predicted octanol–water partition coefficient (Wildman–Crippen LogP) is 4.23. The van der Waals surface area contributed by atoms with Crippen LogP contribution in [-0.2, 0) is 19.1 Å². The van der Waals surface area contributed by atoms with Gasteiger partial charge in [0.2, 0.25) is 5.91 Å². The molecule has 2 aromatic rings. The highest BCUT2D eigenvalue weighted by Crippen LogP contribution is 2.35. The van der Waals surface area contributed by atoms with Gasteiger partial charge < -0.3 is 14.5 Å². The summed E-state index contributed by atoms with van der Waals surface area (Å²) in [6, 6.07) is 11.6. The molecule has 1 aromatic carbocycles. The first kappa shape index (κ1) is 24.0. The summed E-state index contributed by atoms with van der Waals surface area (Å²) in [6.45, 7) is 6.88. The van der Waals surface area contributed by atoms with Crippen molar-refractivity contribution in [2.75, 3.05) is 18.2 Å². The molecule has 1 fully saturated rings. The van der Waals surface area contributed by atoms with Gasteiger partial charge in [-0.15, -0.1) is 11.8 Å². The maximum Gasteiger partial charge on any atom is 0.325 e. The van der Waals surface area contributed by atoms with Crippen molar-refractivity contribution in [3.05, 3.63) is 52.6 Å². The SMILES string of the molecule is Cc1ccccc1-c1ccc(/C=C2\SCSN(CC(=O)NCC(=O)OC(C)(C)C)C2=O)o1. The molecule has 3 rings (SSSR count). The lowest BCUT2D eigenvalue weighted by molar-refractivity contribution is -0.154. The molecule has 1 aliphatic rings. The first-order chi connectivity index (χ1) is 15.1. The van der Waals surface area contributed by atoms with Crippen molar-refractivity contribution in [3.8, 4) is 11.3 Å². The van der Waals surface area contributed by atoms with Gasteiger partial charge in [0, 0.05) is 5.56 Å². The average Bonchev–Trinajstić information content (AvgIpc) is 3.17. The zero-order chi connectivity index (χ0) is 23.3. The standard InChI is InChI=1S/C23H26N2O5S2/c1-15-7-5-6-8-17(15)18-10-9-16(29-18)11-19-22(28)25(32-14-31-19)13-20(26)24-12-21(27)30-23(2,3)4/h5-11H,12-14H2,1-4H3,(H,24,26)/b19-11-. The van der Waals surface area contributed by atoms with Crippen molar-refractivity contribution < 1.29 is 23.5 Å². The summed E-state index contributed by atoms with van der Waals surface area (Å²) >= 11 is 2.66. The fourth-order valence-electron chi connectivity index (χ4n) is 2.91. The van der Waals surface area contributed by atoms with E-state index in [4.69, 9.17) is 9.15 Å². The maximum atomic E-state index is 12.8. The molecule has 1 saturated heterocycles. The highest BCUT2D eigenvalue weighted by Gasteiger charge is 2.27. The number of carbonyl (C=O) groups is 3. The molecule has 32 heavy (non-hydrogen) atoms. The molecule has 1 aromatic heterocycles. The number of carbonyl (C=O) groups excluding carboxylic acids is 3. The molecule has 0 radical (unpaired) electrons. The van der Waals surface area contributed by atoms with Crippen LogP contribution in [0.15, 0.2) is 45.7 Å². The topological polar surface area (TPSA) is 88.9 Å². The third kappa shape index (κ3) is 6.67. The van der Waals surface area contributed by atoms with Gasteiger partial charge in [0.15, 0.2) is 0 Å². The van der Waals surface area contributed by atoms with Crippen LogP contribution in [0.1, 0.15) is 32.1 Å². The van der Waals surface area contributed by atoms with Crippen molar-refractivity contribution in [2.24, 2.45) is 0 Å². The second-order valence-corrected chi connectivity index (χ2v) is 10.5. The van der Waals surface area contributed by atoms with E-state index in [0.29, 0.717) is 15.8 Å². The van der Waals surface area contributed by atoms with Crippen LogP contribution in [0.25, 0.3) is 17.4 Å². The van der Waals surface area contributed by atoms with Crippen LogP contribution in [0.4, 0.5) is 0 Å². The molecule has 0 spiro atoms. The van der Waals surface area contributed by atoms with Crippen molar-refractivity contribution >= 4 is 47.6 Å². The van der Waals surface area contributed by atoms with E-state index in [1.165, 1.54) is 28.0 Å². The number of nitrogens with zero attached hydrogens (tertiary/aromatic N) is 1. The van der Waals surface area contributed by atoms with Crippen molar-refractivity contribution in [1.82, 2.24) is 9.62 Å². The fraction of sp³-hybridized carbons (Fsp3) is 0.348. The summed E-state index contributed by atoms with van der Waals surface area (Å²) in [5, 5.41) is 3.08. The Kier molecular flexibility index (Phi) is 7.73. The zero-order valence-electron chi connectivity index (χ0n) is 18.5. The largest absolute Gasteiger partial charge is 0.459 e. The Morgan fingerprint density at radius 3 is 2.69 bits per heavy atom.